The molecule has 0 saturated heterocycles. The van der Waals surface area contributed by atoms with E-state index in [1.807, 2.05) is 6.92 Å². The van der Waals surface area contributed by atoms with Gasteiger partial charge in [-0.2, -0.15) is 0 Å². The fourth-order valence-corrected chi connectivity index (χ4v) is 1.04. The van der Waals surface area contributed by atoms with Gasteiger partial charge in [0, 0.05) is 5.92 Å². The standard InChI is InChI=1S/C11H11FO/c1-4-8(2)9-5-6-10(12)11(7-9)13-3/h1,5-8H,2-3H3. The van der Waals surface area contributed by atoms with Crippen LogP contribution in [-0.2, 0) is 0 Å². The number of hydrogen-bond donors (Lipinski definition) is 0. The van der Waals surface area contributed by atoms with E-state index in [4.69, 9.17) is 11.2 Å². The highest BCUT2D eigenvalue weighted by Gasteiger charge is 2.06. The van der Waals surface area contributed by atoms with Gasteiger partial charge in [-0.15, -0.1) is 6.42 Å². The zero-order valence-corrected chi connectivity index (χ0v) is 7.67. The van der Waals surface area contributed by atoms with Crippen LogP contribution in [0, 0.1) is 18.2 Å². The first-order valence-electron chi connectivity index (χ1n) is 3.98. The molecule has 0 spiro atoms. The van der Waals surface area contributed by atoms with Gasteiger partial charge in [-0.05, 0) is 24.6 Å². The summed E-state index contributed by atoms with van der Waals surface area (Å²) in [5.74, 6) is 2.43. The van der Waals surface area contributed by atoms with Crippen LogP contribution in [0.4, 0.5) is 4.39 Å². The smallest absolute Gasteiger partial charge is 0.165 e. The first kappa shape index (κ1) is 9.60. The van der Waals surface area contributed by atoms with Crippen molar-refractivity contribution in [1.29, 1.82) is 0 Å². The second-order valence-corrected chi connectivity index (χ2v) is 2.78. The lowest BCUT2D eigenvalue weighted by Crippen LogP contribution is -1.93. The Morgan fingerprint density at radius 3 is 2.77 bits per heavy atom. The van der Waals surface area contributed by atoms with Crippen molar-refractivity contribution in [3.63, 3.8) is 0 Å². The molecule has 0 aliphatic carbocycles. The molecule has 68 valence electrons. The minimum Gasteiger partial charge on any atom is -0.494 e. The molecule has 0 N–H and O–H groups in total. The number of benzene rings is 1. The lowest BCUT2D eigenvalue weighted by molar-refractivity contribution is 0.386. The maximum Gasteiger partial charge on any atom is 0.165 e. The topological polar surface area (TPSA) is 9.23 Å². The van der Waals surface area contributed by atoms with E-state index in [-0.39, 0.29) is 17.5 Å². The highest BCUT2D eigenvalue weighted by molar-refractivity contribution is 5.34. The van der Waals surface area contributed by atoms with Crippen LogP contribution in [0.15, 0.2) is 18.2 Å². The van der Waals surface area contributed by atoms with Crippen molar-refractivity contribution in [3.8, 4) is 18.1 Å². The van der Waals surface area contributed by atoms with Crippen molar-refractivity contribution in [2.45, 2.75) is 12.8 Å². The molecule has 2 heteroatoms. The maximum absolute atomic E-state index is 13.0. The quantitative estimate of drug-likeness (QED) is 0.632. The van der Waals surface area contributed by atoms with Crippen molar-refractivity contribution in [3.05, 3.63) is 29.6 Å². The summed E-state index contributed by atoms with van der Waals surface area (Å²) in [5, 5.41) is 0. The minimum atomic E-state index is -0.365. The van der Waals surface area contributed by atoms with E-state index in [9.17, 15) is 4.39 Å². The molecule has 0 saturated carbocycles. The third kappa shape index (κ3) is 2.00. The number of hydrogen-bond acceptors (Lipinski definition) is 1. The van der Waals surface area contributed by atoms with Crippen molar-refractivity contribution in [2.75, 3.05) is 7.11 Å². The Morgan fingerprint density at radius 1 is 1.54 bits per heavy atom. The molecule has 0 amide bonds. The normalized spacial score (nSPS) is 11.8. The third-order valence-electron chi connectivity index (χ3n) is 1.93. The van der Waals surface area contributed by atoms with Gasteiger partial charge in [-0.25, -0.2) is 4.39 Å². The highest BCUT2D eigenvalue weighted by atomic mass is 19.1. The molecule has 0 radical (unpaired) electrons. The minimum absolute atomic E-state index is 0.0190. The molecule has 1 aromatic carbocycles. The van der Waals surface area contributed by atoms with Gasteiger partial charge in [0.1, 0.15) is 0 Å². The average Bonchev–Trinajstić information content (AvgIpc) is 2.17. The number of ether oxygens (including phenoxy) is 1. The zero-order chi connectivity index (χ0) is 9.84. The molecule has 0 aliphatic heterocycles. The van der Waals surface area contributed by atoms with E-state index in [1.165, 1.54) is 13.2 Å². The van der Waals surface area contributed by atoms with Crippen molar-refractivity contribution >= 4 is 0 Å². The summed E-state index contributed by atoms with van der Waals surface area (Å²) in [5.41, 5.74) is 0.890. The Morgan fingerprint density at radius 2 is 2.23 bits per heavy atom. The Kier molecular flexibility index (Phi) is 2.92. The van der Waals surface area contributed by atoms with E-state index in [2.05, 4.69) is 5.92 Å². The van der Waals surface area contributed by atoms with Crippen LogP contribution >= 0.6 is 0 Å². The Balaban J connectivity index is 3.08. The summed E-state index contributed by atoms with van der Waals surface area (Å²) in [6.07, 6.45) is 5.25. The summed E-state index contributed by atoms with van der Waals surface area (Å²) < 4.78 is 17.8. The first-order chi connectivity index (χ1) is 6.19. The van der Waals surface area contributed by atoms with Gasteiger partial charge < -0.3 is 4.74 Å². The number of rotatable bonds is 2. The molecular weight excluding hydrogens is 167 g/mol. The van der Waals surface area contributed by atoms with Gasteiger partial charge in [-0.3, -0.25) is 0 Å². The molecule has 13 heavy (non-hydrogen) atoms. The molecule has 0 aliphatic rings. The van der Waals surface area contributed by atoms with Gasteiger partial charge in [0.2, 0.25) is 0 Å². The summed E-state index contributed by atoms with van der Waals surface area (Å²) in [6, 6.07) is 4.66. The van der Waals surface area contributed by atoms with E-state index in [0.717, 1.165) is 5.56 Å². The third-order valence-corrected chi connectivity index (χ3v) is 1.93. The van der Waals surface area contributed by atoms with E-state index >= 15 is 0 Å². The second kappa shape index (κ2) is 3.95. The summed E-state index contributed by atoms with van der Waals surface area (Å²) in [4.78, 5) is 0. The van der Waals surface area contributed by atoms with Crippen molar-refractivity contribution in [1.82, 2.24) is 0 Å². The summed E-state index contributed by atoms with van der Waals surface area (Å²) in [6.45, 7) is 1.88. The highest BCUT2D eigenvalue weighted by Crippen LogP contribution is 2.22. The molecule has 1 atom stereocenters. The number of terminal acetylenes is 1. The van der Waals surface area contributed by atoms with Gasteiger partial charge in [-0.1, -0.05) is 12.0 Å². The zero-order valence-electron chi connectivity index (χ0n) is 7.67. The van der Waals surface area contributed by atoms with Crippen LogP contribution in [0.2, 0.25) is 0 Å². The Hall–Kier alpha value is -1.49. The first-order valence-corrected chi connectivity index (χ1v) is 3.98. The van der Waals surface area contributed by atoms with Gasteiger partial charge in [0.15, 0.2) is 11.6 Å². The fourth-order valence-electron chi connectivity index (χ4n) is 1.04. The number of methoxy groups -OCH3 is 1. The molecule has 1 unspecified atom stereocenters. The molecule has 1 nitrogen and oxygen atoms in total. The van der Waals surface area contributed by atoms with Gasteiger partial charge in [0.25, 0.3) is 0 Å². The molecule has 1 rings (SSSR count). The average molecular weight is 178 g/mol. The lowest BCUT2D eigenvalue weighted by atomic mass is 10.0. The predicted octanol–water partition coefficient (Wildman–Crippen LogP) is 2.57. The van der Waals surface area contributed by atoms with Gasteiger partial charge >= 0.3 is 0 Å². The molecule has 0 aromatic heterocycles. The van der Waals surface area contributed by atoms with Crippen LogP contribution in [0.5, 0.6) is 5.75 Å². The Bertz CT molecular complexity index is 338. The van der Waals surface area contributed by atoms with Gasteiger partial charge in [0.05, 0.1) is 7.11 Å². The van der Waals surface area contributed by atoms with Crippen LogP contribution in [-0.4, -0.2) is 7.11 Å². The Labute approximate surface area is 77.5 Å². The molecule has 0 fully saturated rings. The number of halogens is 1. The SMILES string of the molecule is C#CC(C)c1ccc(F)c(OC)c1. The van der Waals surface area contributed by atoms with Crippen LogP contribution in [0.25, 0.3) is 0 Å². The summed E-state index contributed by atoms with van der Waals surface area (Å²) in [7, 11) is 1.43. The van der Waals surface area contributed by atoms with Crippen LogP contribution in [0.1, 0.15) is 18.4 Å². The molecule has 0 heterocycles. The molecule has 1 aromatic rings. The van der Waals surface area contributed by atoms with Crippen LogP contribution < -0.4 is 4.74 Å². The molecular formula is C11H11FO. The largest absolute Gasteiger partial charge is 0.494 e. The van der Waals surface area contributed by atoms with E-state index in [1.54, 1.807) is 12.1 Å². The van der Waals surface area contributed by atoms with Crippen LogP contribution in [0.3, 0.4) is 0 Å². The van der Waals surface area contributed by atoms with E-state index in [0.29, 0.717) is 0 Å². The van der Waals surface area contributed by atoms with Crippen molar-refractivity contribution < 1.29 is 9.13 Å². The molecule has 0 bridgehead atoms. The van der Waals surface area contributed by atoms with Crippen molar-refractivity contribution in [2.24, 2.45) is 0 Å². The summed E-state index contributed by atoms with van der Waals surface area (Å²) >= 11 is 0. The fraction of sp³-hybridized carbons (Fsp3) is 0.273. The monoisotopic (exact) mass is 178 g/mol. The maximum atomic E-state index is 13.0. The lowest BCUT2D eigenvalue weighted by Gasteiger charge is -2.07. The predicted molar refractivity (Wildman–Crippen MR) is 50.2 cm³/mol. The van der Waals surface area contributed by atoms with E-state index < -0.39 is 0 Å². The second-order valence-electron chi connectivity index (χ2n) is 2.78.